The maximum absolute atomic E-state index is 6.22. The van der Waals surface area contributed by atoms with E-state index in [0.29, 0.717) is 26.4 Å². The first-order valence-electron chi connectivity index (χ1n) is 20.2. The maximum Gasteiger partial charge on any atom is 0.124 e. The second kappa shape index (κ2) is 20.2. The zero-order chi connectivity index (χ0) is 40.6. The average Bonchev–Trinajstić information content (AvgIpc) is 3.32. The highest BCUT2D eigenvalue weighted by atomic mass is 16.5. The van der Waals surface area contributed by atoms with E-state index >= 15 is 0 Å². The highest BCUT2D eigenvalue weighted by molar-refractivity contribution is 5.75. The molecule has 0 bridgehead atoms. The Labute approximate surface area is 353 Å². The lowest BCUT2D eigenvalue weighted by atomic mass is 10.0. The van der Waals surface area contributed by atoms with E-state index in [-0.39, 0.29) is 0 Å². The summed E-state index contributed by atoms with van der Waals surface area (Å²) in [5, 5.41) is 0. The summed E-state index contributed by atoms with van der Waals surface area (Å²) < 4.78 is 24.9. The van der Waals surface area contributed by atoms with Crippen LogP contribution in [-0.4, -0.2) is 0 Å². The maximum atomic E-state index is 6.22. The first-order valence-corrected chi connectivity index (χ1v) is 20.2. The zero-order valence-electron chi connectivity index (χ0n) is 33.4. The number of ether oxygens (including phenoxy) is 4. The number of benzene rings is 8. The van der Waals surface area contributed by atoms with Gasteiger partial charge in [0.25, 0.3) is 0 Å². The summed E-state index contributed by atoms with van der Waals surface area (Å²) in [6, 6.07) is 70.1. The van der Waals surface area contributed by atoms with Crippen LogP contribution in [0.4, 0.5) is 0 Å². The third kappa shape index (κ3) is 11.7. The van der Waals surface area contributed by atoms with Crippen LogP contribution in [0, 0.1) is 0 Å². The quantitative estimate of drug-likeness (QED) is 0.0862. The van der Waals surface area contributed by atoms with E-state index in [0.717, 1.165) is 78.6 Å². The Morgan fingerprint density at radius 2 is 0.500 bits per heavy atom. The van der Waals surface area contributed by atoms with E-state index in [2.05, 4.69) is 146 Å². The van der Waals surface area contributed by atoms with Gasteiger partial charge in [0.05, 0.1) is 0 Å². The lowest BCUT2D eigenvalue weighted by Crippen LogP contribution is -1.98. The van der Waals surface area contributed by atoms with Crippen molar-refractivity contribution in [3.05, 3.63) is 251 Å². The van der Waals surface area contributed by atoms with Crippen LogP contribution >= 0.6 is 0 Å². The van der Waals surface area contributed by atoms with Crippen LogP contribution in [0.2, 0.25) is 0 Å². The van der Waals surface area contributed by atoms with Crippen LogP contribution in [0.1, 0.15) is 44.5 Å². The minimum Gasteiger partial charge on any atom is -0.489 e. The molecule has 0 aliphatic carbocycles. The molecule has 0 saturated heterocycles. The van der Waals surface area contributed by atoms with Crippen LogP contribution in [0.3, 0.4) is 0 Å². The van der Waals surface area contributed by atoms with Gasteiger partial charge in [-0.3, -0.25) is 0 Å². The minimum absolute atomic E-state index is 0.482. The Bertz CT molecular complexity index is 2290. The van der Waals surface area contributed by atoms with Gasteiger partial charge in [-0.05, 0) is 79.9 Å². The molecule has 4 nitrogen and oxygen atoms in total. The summed E-state index contributed by atoms with van der Waals surface area (Å²) in [4.78, 5) is 0. The molecule has 8 rings (SSSR count). The lowest BCUT2D eigenvalue weighted by molar-refractivity contribution is 0.289. The molecule has 0 amide bonds. The average molecular weight is 783 g/mol. The van der Waals surface area contributed by atoms with Gasteiger partial charge in [0.1, 0.15) is 49.4 Å². The molecule has 0 aliphatic rings. The highest BCUT2D eigenvalue weighted by Gasteiger charge is 2.07. The van der Waals surface area contributed by atoms with Crippen LogP contribution < -0.4 is 18.9 Å². The van der Waals surface area contributed by atoms with Crippen molar-refractivity contribution >= 4 is 24.3 Å². The molecule has 8 aromatic carbocycles. The molecular weight excluding hydrogens is 737 g/mol. The van der Waals surface area contributed by atoms with Gasteiger partial charge in [-0.25, -0.2) is 0 Å². The SMILES string of the molecule is C(=C\c1cc(OCc2ccccc2)cc(OCc2ccccc2)c1)/c1ccc(-c2ccc(/C=C/c3cc(OCc4ccccc4)cc(OCc4ccccc4)c3)cc2)cc1. The molecule has 0 fully saturated rings. The van der Waals surface area contributed by atoms with Gasteiger partial charge in [0.15, 0.2) is 0 Å². The molecule has 294 valence electrons. The summed E-state index contributed by atoms with van der Waals surface area (Å²) in [6.07, 6.45) is 8.44. The highest BCUT2D eigenvalue weighted by Crippen LogP contribution is 2.29. The standard InChI is InChI=1S/C56H46O4/c1-5-13-45(14-6-1)39-57-53-33-49(34-54(37-53)58-40-46-15-7-2-8-16-46)23-21-43-25-29-51(30-26-43)52-31-27-44(28-32-52)22-24-50-35-55(59-41-47-17-9-3-10-18-47)38-56(36-50)60-42-48-19-11-4-12-20-48/h1-38H,39-42H2/b23-21+,24-22+. The van der Waals surface area contributed by atoms with Gasteiger partial charge in [0.2, 0.25) is 0 Å². The van der Waals surface area contributed by atoms with Crippen LogP contribution in [0.5, 0.6) is 23.0 Å². The Morgan fingerprint density at radius 1 is 0.250 bits per heavy atom. The van der Waals surface area contributed by atoms with Crippen molar-refractivity contribution < 1.29 is 18.9 Å². The van der Waals surface area contributed by atoms with E-state index in [1.807, 2.05) is 84.9 Å². The molecule has 60 heavy (non-hydrogen) atoms. The fourth-order valence-corrected chi connectivity index (χ4v) is 6.64. The Balaban J connectivity index is 0.926. The number of hydrogen-bond acceptors (Lipinski definition) is 4. The Hall–Kier alpha value is -7.56. The Morgan fingerprint density at radius 3 is 0.767 bits per heavy atom. The van der Waals surface area contributed by atoms with Crippen LogP contribution in [0.25, 0.3) is 35.4 Å². The molecule has 0 aromatic heterocycles. The summed E-state index contributed by atoms with van der Waals surface area (Å²) >= 11 is 0. The van der Waals surface area contributed by atoms with Crippen molar-refractivity contribution in [3.8, 4) is 34.1 Å². The van der Waals surface area contributed by atoms with Crippen molar-refractivity contribution in [2.75, 3.05) is 0 Å². The largest absolute Gasteiger partial charge is 0.489 e. The zero-order valence-corrected chi connectivity index (χ0v) is 33.4. The van der Waals surface area contributed by atoms with Gasteiger partial charge >= 0.3 is 0 Å². The molecule has 0 aliphatic heterocycles. The van der Waals surface area contributed by atoms with E-state index in [1.165, 1.54) is 0 Å². The predicted molar refractivity (Wildman–Crippen MR) is 246 cm³/mol. The normalized spacial score (nSPS) is 11.1. The minimum atomic E-state index is 0.482. The molecule has 4 heteroatoms. The molecule has 0 spiro atoms. The van der Waals surface area contributed by atoms with Crippen molar-refractivity contribution in [2.45, 2.75) is 26.4 Å². The van der Waals surface area contributed by atoms with Crippen molar-refractivity contribution in [3.63, 3.8) is 0 Å². The van der Waals surface area contributed by atoms with E-state index in [4.69, 9.17) is 18.9 Å². The number of rotatable bonds is 17. The first kappa shape index (κ1) is 39.3. The predicted octanol–water partition coefficient (Wildman–Crippen LogP) is 14.0. The third-order valence-electron chi connectivity index (χ3n) is 9.89. The molecule has 8 aromatic rings. The molecule has 0 unspecified atom stereocenters. The van der Waals surface area contributed by atoms with Gasteiger partial charge < -0.3 is 18.9 Å². The smallest absolute Gasteiger partial charge is 0.124 e. The lowest BCUT2D eigenvalue weighted by Gasteiger charge is -2.12. The molecular formula is C56H46O4. The van der Waals surface area contributed by atoms with E-state index in [1.54, 1.807) is 0 Å². The van der Waals surface area contributed by atoms with Gasteiger partial charge in [-0.1, -0.05) is 194 Å². The van der Waals surface area contributed by atoms with E-state index < -0.39 is 0 Å². The van der Waals surface area contributed by atoms with Gasteiger partial charge in [0, 0.05) is 12.1 Å². The summed E-state index contributed by atoms with van der Waals surface area (Å²) in [5.41, 5.74) is 11.0. The second-order valence-corrected chi connectivity index (χ2v) is 14.5. The number of hydrogen-bond donors (Lipinski definition) is 0. The van der Waals surface area contributed by atoms with Crippen LogP contribution in [-0.2, 0) is 26.4 Å². The topological polar surface area (TPSA) is 36.9 Å². The monoisotopic (exact) mass is 782 g/mol. The fourth-order valence-electron chi connectivity index (χ4n) is 6.64. The first-order chi connectivity index (χ1) is 29.7. The van der Waals surface area contributed by atoms with Crippen molar-refractivity contribution in [1.82, 2.24) is 0 Å². The summed E-state index contributed by atoms with van der Waals surface area (Å²) in [7, 11) is 0. The van der Waals surface area contributed by atoms with Crippen LogP contribution in [0.15, 0.2) is 206 Å². The van der Waals surface area contributed by atoms with Crippen molar-refractivity contribution in [1.29, 1.82) is 0 Å². The summed E-state index contributed by atoms with van der Waals surface area (Å²) in [5.74, 6) is 3.04. The molecule has 0 heterocycles. The van der Waals surface area contributed by atoms with Crippen molar-refractivity contribution in [2.24, 2.45) is 0 Å². The summed E-state index contributed by atoms with van der Waals surface area (Å²) in [6.45, 7) is 1.93. The fraction of sp³-hybridized carbons (Fsp3) is 0.0714. The van der Waals surface area contributed by atoms with Gasteiger partial charge in [-0.2, -0.15) is 0 Å². The van der Waals surface area contributed by atoms with E-state index in [9.17, 15) is 0 Å². The molecule has 0 saturated carbocycles. The van der Waals surface area contributed by atoms with Gasteiger partial charge in [-0.15, -0.1) is 0 Å². The molecule has 0 atom stereocenters. The third-order valence-corrected chi connectivity index (χ3v) is 9.89. The molecule has 0 N–H and O–H groups in total. The Kier molecular flexibility index (Phi) is 13.2. The second-order valence-electron chi connectivity index (χ2n) is 14.5. The molecule has 0 radical (unpaired) electrons.